The molecule has 3 rings (SSSR count). The summed E-state index contributed by atoms with van der Waals surface area (Å²) in [7, 11) is 3.16. The second-order valence-electron chi connectivity index (χ2n) is 5.88. The summed E-state index contributed by atoms with van der Waals surface area (Å²) >= 11 is 2.73. The van der Waals surface area contributed by atoms with Gasteiger partial charge in [-0.1, -0.05) is 6.92 Å². The predicted octanol–water partition coefficient (Wildman–Crippen LogP) is 4.88. The fourth-order valence-electron chi connectivity index (χ4n) is 2.65. The predicted molar refractivity (Wildman–Crippen MR) is 112 cm³/mol. The Labute approximate surface area is 171 Å². The second kappa shape index (κ2) is 8.42. The molecule has 1 amide bonds. The lowest BCUT2D eigenvalue weighted by Crippen LogP contribution is -2.11. The number of carbonyl (C=O) groups excluding carboxylic acids is 1. The van der Waals surface area contributed by atoms with Crippen LogP contribution in [0.3, 0.4) is 0 Å². The van der Waals surface area contributed by atoms with Crippen molar-refractivity contribution in [1.82, 2.24) is 4.98 Å². The van der Waals surface area contributed by atoms with Crippen LogP contribution >= 0.6 is 22.7 Å². The summed E-state index contributed by atoms with van der Waals surface area (Å²) in [5.41, 5.74) is 1.96. The number of aromatic nitrogens is 1. The summed E-state index contributed by atoms with van der Waals surface area (Å²) in [5.74, 6) is 0.969. The number of carbonyl (C=O) groups is 1. The first-order valence-corrected chi connectivity index (χ1v) is 10.2. The van der Waals surface area contributed by atoms with E-state index in [0.717, 1.165) is 16.9 Å². The van der Waals surface area contributed by atoms with Gasteiger partial charge in [0, 0.05) is 10.4 Å². The first-order valence-electron chi connectivity index (χ1n) is 8.54. The molecule has 0 bridgehead atoms. The molecule has 2 heterocycles. The van der Waals surface area contributed by atoms with Crippen molar-refractivity contribution in [2.75, 3.05) is 19.5 Å². The zero-order valence-corrected chi connectivity index (χ0v) is 17.6. The van der Waals surface area contributed by atoms with Crippen LogP contribution in [-0.2, 0) is 6.42 Å². The maximum absolute atomic E-state index is 12.8. The normalized spacial score (nSPS) is 10.4. The number of hydrogen-bond acceptors (Lipinski definition) is 7. The number of anilines is 1. The Hall–Kier alpha value is -2.89. The molecule has 8 heteroatoms. The van der Waals surface area contributed by atoms with Crippen molar-refractivity contribution in [2.24, 2.45) is 0 Å². The Balaban J connectivity index is 1.89. The third-order valence-electron chi connectivity index (χ3n) is 4.11. The van der Waals surface area contributed by atoms with Gasteiger partial charge in [-0.05, 0) is 37.6 Å². The van der Waals surface area contributed by atoms with Crippen molar-refractivity contribution >= 4 is 33.6 Å². The van der Waals surface area contributed by atoms with E-state index in [9.17, 15) is 10.1 Å². The minimum absolute atomic E-state index is 0.261. The molecule has 0 saturated carbocycles. The maximum Gasteiger partial charge on any atom is 0.268 e. The van der Waals surface area contributed by atoms with Gasteiger partial charge in [-0.15, -0.1) is 22.7 Å². The largest absolute Gasteiger partial charge is 0.493 e. The van der Waals surface area contributed by atoms with Gasteiger partial charge in [0.15, 0.2) is 11.5 Å². The Bertz CT molecular complexity index is 1060. The van der Waals surface area contributed by atoms with E-state index in [1.54, 1.807) is 21.1 Å². The highest BCUT2D eigenvalue weighted by Crippen LogP contribution is 2.35. The molecule has 0 aliphatic carbocycles. The van der Waals surface area contributed by atoms with Crippen LogP contribution in [0.2, 0.25) is 0 Å². The quantitative estimate of drug-likeness (QED) is 0.622. The van der Waals surface area contributed by atoms with Crippen LogP contribution in [0.4, 0.5) is 5.00 Å². The van der Waals surface area contributed by atoms with Gasteiger partial charge in [0.2, 0.25) is 0 Å². The SMILES string of the molecule is CCc1cc(C#N)c(NC(=O)c2sc(-c3ccc(OC)c(OC)c3)nc2C)s1. The van der Waals surface area contributed by atoms with Crippen LogP contribution < -0.4 is 14.8 Å². The van der Waals surface area contributed by atoms with E-state index < -0.39 is 0 Å². The smallest absolute Gasteiger partial charge is 0.268 e. The number of thiophene rings is 1. The molecule has 0 spiro atoms. The van der Waals surface area contributed by atoms with Gasteiger partial charge in [0.05, 0.1) is 25.5 Å². The highest BCUT2D eigenvalue weighted by atomic mass is 32.1. The summed E-state index contributed by atoms with van der Waals surface area (Å²) in [4.78, 5) is 18.9. The summed E-state index contributed by atoms with van der Waals surface area (Å²) in [6, 6.07) is 9.47. The maximum atomic E-state index is 12.8. The van der Waals surface area contributed by atoms with E-state index in [4.69, 9.17) is 9.47 Å². The number of benzene rings is 1. The number of methoxy groups -OCH3 is 2. The Morgan fingerprint density at radius 1 is 1.21 bits per heavy atom. The highest BCUT2D eigenvalue weighted by molar-refractivity contribution is 7.18. The van der Waals surface area contributed by atoms with E-state index in [1.165, 1.54) is 22.7 Å². The van der Waals surface area contributed by atoms with Crippen LogP contribution in [-0.4, -0.2) is 25.1 Å². The average molecular weight is 414 g/mol. The van der Waals surface area contributed by atoms with Gasteiger partial charge in [-0.3, -0.25) is 4.79 Å². The van der Waals surface area contributed by atoms with Crippen LogP contribution in [0.1, 0.15) is 32.7 Å². The molecule has 0 atom stereocenters. The van der Waals surface area contributed by atoms with Crippen molar-refractivity contribution < 1.29 is 14.3 Å². The Morgan fingerprint density at radius 3 is 2.61 bits per heavy atom. The topological polar surface area (TPSA) is 84.2 Å². The minimum atomic E-state index is -0.261. The van der Waals surface area contributed by atoms with E-state index >= 15 is 0 Å². The summed E-state index contributed by atoms with van der Waals surface area (Å²) in [5, 5.41) is 13.4. The number of thiazole rings is 1. The highest BCUT2D eigenvalue weighted by Gasteiger charge is 2.19. The van der Waals surface area contributed by atoms with Crippen molar-refractivity contribution in [3.05, 3.63) is 45.3 Å². The number of nitrogens with one attached hydrogen (secondary N) is 1. The van der Waals surface area contributed by atoms with Gasteiger partial charge < -0.3 is 14.8 Å². The molecule has 0 fully saturated rings. The van der Waals surface area contributed by atoms with Gasteiger partial charge >= 0.3 is 0 Å². The fraction of sp³-hybridized carbons (Fsp3) is 0.250. The van der Waals surface area contributed by atoms with E-state index in [-0.39, 0.29) is 5.91 Å². The second-order valence-corrected chi connectivity index (χ2v) is 8.01. The summed E-state index contributed by atoms with van der Waals surface area (Å²) in [6.07, 6.45) is 0.818. The first-order chi connectivity index (χ1) is 13.5. The van der Waals surface area contributed by atoms with Crippen molar-refractivity contribution in [2.45, 2.75) is 20.3 Å². The van der Waals surface area contributed by atoms with E-state index in [0.29, 0.717) is 37.6 Å². The lowest BCUT2D eigenvalue weighted by atomic mass is 10.2. The average Bonchev–Trinajstić information content (AvgIpc) is 3.30. The molecule has 144 valence electrons. The number of amides is 1. The molecule has 28 heavy (non-hydrogen) atoms. The van der Waals surface area contributed by atoms with Crippen molar-refractivity contribution in [3.8, 4) is 28.1 Å². The van der Waals surface area contributed by atoms with Gasteiger partial charge in [-0.25, -0.2) is 4.98 Å². The molecule has 1 aromatic carbocycles. The van der Waals surface area contributed by atoms with Gasteiger partial charge in [0.25, 0.3) is 5.91 Å². The van der Waals surface area contributed by atoms with Gasteiger partial charge in [0.1, 0.15) is 21.0 Å². The molecule has 2 aromatic heterocycles. The third kappa shape index (κ3) is 3.86. The molecular formula is C20H19N3O3S2. The lowest BCUT2D eigenvalue weighted by molar-refractivity contribution is 0.103. The molecular weight excluding hydrogens is 394 g/mol. The number of aryl methyl sites for hydroxylation is 2. The van der Waals surface area contributed by atoms with Crippen LogP contribution in [0, 0.1) is 18.3 Å². The molecule has 6 nitrogen and oxygen atoms in total. The molecule has 0 aliphatic heterocycles. The van der Waals surface area contributed by atoms with E-state index in [1.807, 2.05) is 31.2 Å². The standard InChI is InChI=1S/C20H19N3O3S2/c1-5-14-8-13(10-21)20(27-14)23-18(24)17-11(2)22-19(28-17)12-6-7-15(25-3)16(9-12)26-4/h6-9H,5H2,1-4H3,(H,23,24). The number of rotatable bonds is 6. The van der Waals surface area contributed by atoms with Crippen LogP contribution in [0.15, 0.2) is 24.3 Å². The van der Waals surface area contributed by atoms with Crippen LogP contribution in [0.5, 0.6) is 11.5 Å². The van der Waals surface area contributed by atoms with Gasteiger partial charge in [-0.2, -0.15) is 5.26 Å². The number of hydrogen-bond donors (Lipinski definition) is 1. The Kier molecular flexibility index (Phi) is 5.97. The number of nitriles is 1. The molecule has 0 unspecified atom stereocenters. The molecule has 0 saturated heterocycles. The molecule has 1 N–H and O–H groups in total. The zero-order chi connectivity index (χ0) is 20.3. The fourth-order valence-corrected chi connectivity index (χ4v) is 4.55. The first kappa shape index (κ1) is 19.9. The van der Waals surface area contributed by atoms with Crippen molar-refractivity contribution in [1.29, 1.82) is 5.26 Å². The molecule has 3 aromatic rings. The van der Waals surface area contributed by atoms with Crippen molar-refractivity contribution in [3.63, 3.8) is 0 Å². The minimum Gasteiger partial charge on any atom is -0.493 e. The number of nitrogens with zero attached hydrogens (tertiary/aromatic N) is 2. The Morgan fingerprint density at radius 2 is 1.96 bits per heavy atom. The third-order valence-corrected chi connectivity index (χ3v) is 6.51. The molecule has 0 radical (unpaired) electrons. The molecule has 0 aliphatic rings. The monoisotopic (exact) mass is 413 g/mol. The summed E-state index contributed by atoms with van der Waals surface area (Å²) < 4.78 is 10.6. The van der Waals surface area contributed by atoms with E-state index in [2.05, 4.69) is 16.4 Å². The summed E-state index contributed by atoms with van der Waals surface area (Å²) in [6.45, 7) is 3.81. The number of ether oxygens (including phenoxy) is 2. The zero-order valence-electron chi connectivity index (χ0n) is 16.0. The lowest BCUT2D eigenvalue weighted by Gasteiger charge is -2.08. The van der Waals surface area contributed by atoms with Crippen LogP contribution in [0.25, 0.3) is 10.6 Å².